The molecule has 6 heteroatoms. The summed E-state index contributed by atoms with van der Waals surface area (Å²) < 4.78 is 25.1. The summed E-state index contributed by atoms with van der Waals surface area (Å²) in [7, 11) is -3.23. The van der Waals surface area contributed by atoms with Crippen LogP contribution in [0.1, 0.15) is 44.1 Å². The first-order chi connectivity index (χ1) is 10.9. The van der Waals surface area contributed by atoms with Crippen LogP contribution in [0.4, 0.5) is 0 Å². The molecule has 1 aliphatic rings. The van der Waals surface area contributed by atoms with Gasteiger partial charge in [-0.05, 0) is 30.7 Å². The van der Waals surface area contributed by atoms with E-state index in [0.717, 1.165) is 37.6 Å². The minimum absolute atomic E-state index is 0.0334. The van der Waals surface area contributed by atoms with Crippen LogP contribution >= 0.6 is 0 Å². The van der Waals surface area contributed by atoms with Crippen molar-refractivity contribution in [3.05, 3.63) is 35.9 Å². The van der Waals surface area contributed by atoms with Gasteiger partial charge < -0.3 is 4.90 Å². The number of carbonyl (C=O) groups is 1. The molecule has 1 aromatic rings. The number of likely N-dealkylation sites (tertiary alicyclic amines) is 1. The fourth-order valence-electron chi connectivity index (χ4n) is 3.07. The average Bonchev–Trinajstić information content (AvgIpc) is 2.53. The van der Waals surface area contributed by atoms with Crippen molar-refractivity contribution < 1.29 is 13.2 Å². The molecule has 1 heterocycles. The van der Waals surface area contributed by atoms with Crippen molar-refractivity contribution in [2.24, 2.45) is 0 Å². The van der Waals surface area contributed by atoms with E-state index < -0.39 is 10.0 Å². The van der Waals surface area contributed by atoms with E-state index in [0.29, 0.717) is 13.0 Å². The van der Waals surface area contributed by atoms with E-state index in [4.69, 9.17) is 0 Å². The number of hydrogen-bond acceptors (Lipinski definition) is 3. The highest BCUT2D eigenvalue weighted by Gasteiger charge is 2.28. The van der Waals surface area contributed by atoms with Crippen molar-refractivity contribution in [1.29, 1.82) is 0 Å². The molecule has 0 bridgehead atoms. The Morgan fingerprint density at radius 2 is 2.00 bits per heavy atom. The van der Waals surface area contributed by atoms with Crippen LogP contribution in [-0.2, 0) is 14.8 Å². The Kier molecular flexibility index (Phi) is 6.18. The lowest BCUT2D eigenvalue weighted by molar-refractivity contribution is -0.135. The third kappa shape index (κ3) is 5.62. The summed E-state index contributed by atoms with van der Waals surface area (Å²) >= 11 is 0. The van der Waals surface area contributed by atoms with Crippen molar-refractivity contribution >= 4 is 15.9 Å². The second-order valence-electron chi connectivity index (χ2n) is 6.37. The number of nitrogens with zero attached hydrogens (tertiary/aromatic N) is 1. The molecular formula is C17H26N2O3S. The normalized spacial score (nSPS) is 20.3. The van der Waals surface area contributed by atoms with E-state index >= 15 is 0 Å². The largest absolute Gasteiger partial charge is 0.338 e. The summed E-state index contributed by atoms with van der Waals surface area (Å²) in [4.78, 5) is 14.5. The van der Waals surface area contributed by atoms with Gasteiger partial charge in [0.05, 0.1) is 6.26 Å². The first kappa shape index (κ1) is 17.9. The standard InChI is InChI=1S/C17H26N2O3S/c1-14(15-8-4-3-5-9-15)12-17(20)19-11-7-6-10-16(19)13-18-23(2,21)22/h3-5,8-9,14,16,18H,6-7,10-13H2,1-2H3. The van der Waals surface area contributed by atoms with Gasteiger partial charge in [0.1, 0.15) is 0 Å². The zero-order valence-corrected chi connectivity index (χ0v) is 14.7. The Morgan fingerprint density at radius 3 is 2.65 bits per heavy atom. The molecule has 0 aliphatic carbocycles. The average molecular weight is 338 g/mol. The number of amides is 1. The monoisotopic (exact) mass is 338 g/mol. The first-order valence-electron chi connectivity index (χ1n) is 8.16. The summed E-state index contributed by atoms with van der Waals surface area (Å²) in [6.45, 7) is 3.09. The van der Waals surface area contributed by atoms with E-state index in [1.807, 2.05) is 35.2 Å². The van der Waals surface area contributed by atoms with Crippen LogP contribution in [0.2, 0.25) is 0 Å². The van der Waals surface area contributed by atoms with Crippen molar-refractivity contribution in [3.63, 3.8) is 0 Å². The molecule has 1 amide bonds. The third-order valence-corrected chi connectivity index (χ3v) is 5.07. The minimum atomic E-state index is -3.23. The van der Waals surface area contributed by atoms with Gasteiger partial charge >= 0.3 is 0 Å². The van der Waals surface area contributed by atoms with Gasteiger partial charge in [0.25, 0.3) is 0 Å². The number of sulfonamides is 1. The molecule has 0 spiro atoms. The quantitative estimate of drug-likeness (QED) is 0.864. The van der Waals surface area contributed by atoms with Gasteiger partial charge in [0, 0.05) is 25.6 Å². The highest BCUT2D eigenvalue weighted by atomic mass is 32.2. The number of carbonyl (C=O) groups excluding carboxylic acids is 1. The summed E-state index contributed by atoms with van der Waals surface area (Å²) in [5.74, 6) is 0.274. The summed E-state index contributed by atoms with van der Waals surface area (Å²) in [6.07, 6.45) is 4.49. The molecule has 1 saturated heterocycles. The van der Waals surface area contributed by atoms with Crippen LogP contribution in [0.25, 0.3) is 0 Å². The Hall–Kier alpha value is -1.40. The summed E-state index contributed by atoms with van der Waals surface area (Å²) in [5.41, 5.74) is 1.16. The SMILES string of the molecule is CC(CC(=O)N1CCCCC1CNS(C)(=O)=O)c1ccccc1. The maximum Gasteiger partial charge on any atom is 0.223 e. The fourth-order valence-corrected chi connectivity index (χ4v) is 3.56. The number of rotatable bonds is 6. The molecule has 0 radical (unpaired) electrons. The summed E-state index contributed by atoms with van der Waals surface area (Å²) in [6, 6.07) is 9.98. The van der Waals surface area contributed by atoms with Gasteiger partial charge in [-0.1, -0.05) is 37.3 Å². The van der Waals surface area contributed by atoms with E-state index in [9.17, 15) is 13.2 Å². The highest BCUT2D eigenvalue weighted by Crippen LogP contribution is 2.23. The van der Waals surface area contributed by atoms with E-state index in [1.165, 1.54) is 0 Å². The number of nitrogens with one attached hydrogen (secondary N) is 1. The van der Waals surface area contributed by atoms with Crippen molar-refractivity contribution in [1.82, 2.24) is 9.62 Å². The Morgan fingerprint density at radius 1 is 1.30 bits per heavy atom. The molecule has 2 atom stereocenters. The van der Waals surface area contributed by atoms with Crippen molar-refractivity contribution in [3.8, 4) is 0 Å². The molecule has 23 heavy (non-hydrogen) atoms. The third-order valence-electron chi connectivity index (χ3n) is 4.38. The Labute approximate surface area is 139 Å². The van der Waals surface area contributed by atoms with E-state index in [2.05, 4.69) is 11.6 Å². The van der Waals surface area contributed by atoms with Crippen LogP contribution in [0, 0.1) is 0 Å². The van der Waals surface area contributed by atoms with E-state index in [-0.39, 0.29) is 17.9 Å². The topological polar surface area (TPSA) is 66.5 Å². The molecule has 2 rings (SSSR count). The molecule has 1 aliphatic heterocycles. The van der Waals surface area contributed by atoms with Crippen LogP contribution in [0.5, 0.6) is 0 Å². The lowest BCUT2D eigenvalue weighted by Crippen LogP contribution is -2.49. The zero-order chi connectivity index (χ0) is 16.9. The van der Waals surface area contributed by atoms with E-state index in [1.54, 1.807) is 0 Å². The number of benzene rings is 1. The lowest BCUT2D eigenvalue weighted by atomic mass is 9.95. The molecule has 1 N–H and O–H groups in total. The molecule has 5 nitrogen and oxygen atoms in total. The minimum Gasteiger partial charge on any atom is -0.338 e. The maximum absolute atomic E-state index is 12.7. The number of piperidine rings is 1. The molecule has 128 valence electrons. The molecule has 1 aromatic carbocycles. The smallest absolute Gasteiger partial charge is 0.223 e. The van der Waals surface area contributed by atoms with Gasteiger partial charge in [-0.2, -0.15) is 0 Å². The molecule has 0 saturated carbocycles. The van der Waals surface area contributed by atoms with Gasteiger partial charge in [-0.3, -0.25) is 4.79 Å². The Bertz CT molecular complexity index is 616. The fraction of sp³-hybridized carbons (Fsp3) is 0.588. The van der Waals surface area contributed by atoms with Crippen molar-refractivity contribution in [2.75, 3.05) is 19.3 Å². The first-order valence-corrected chi connectivity index (χ1v) is 10.0. The predicted molar refractivity (Wildman–Crippen MR) is 91.7 cm³/mol. The molecule has 1 fully saturated rings. The van der Waals surface area contributed by atoms with Gasteiger partial charge in [0.2, 0.25) is 15.9 Å². The zero-order valence-electron chi connectivity index (χ0n) is 13.9. The number of hydrogen-bond donors (Lipinski definition) is 1. The molecule has 2 unspecified atom stereocenters. The second kappa shape index (κ2) is 7.93. The second-order valence-corrected chi connectivity index (χ2v) is 8.21. The van der Waals surface area contributed by atoms with Gasteiger partial charge in [-0.25, -0.2) is 13.1 Å². The maximum atomic E-state index is 12.7. The molecular weight excluding hydrogens is 312 g/mol. The van der Waals surface area contributed by atoms with Crippen LogP contribution in [-0.4, -0.2) is 44.6 Å². The van der Waals surface area contributed by atoms with Crippen LogP contribution < -0.4 is 4.72 Å². The molecule has 0 aromatic heterocycles. The summed E-state index contributed by atoms with van der Waals surface area (Å²) in [5, 5.41) is 0. The van der Waals surface area contributed by atoms with Gasteiger partial charge in [0.15, 0.2) is 0 Å². The van der Waals surface area contributed by atoms with Crippen LogP contribution in [0.15, 0.2) is 30.3 Å². The van der Waals surface area contributed by atoms with Crippen molar-refractivity contribution in [2.45, 2.75) is 44.6 Å². The predicted octanol–water partition coefficient (Wildman–Crippen LogP) is 2.11. The lowest BCUT2D eigenvalue weighted by Gasteiger charge is -2.36. The van der Waals surface area contributed by atoms with Gasteiger partial charge in [-0.15, -0.1) is 0 Å². The highest BCUT2D eigenvalue weighted by molar-refractivity contribution is 7.88. The Balaban J connectivity index is 1.97. The van der Waals surface area contributed by atoms with Crippen LogP contribution in [0.3, 0.4) is 0 Å².